The SMILES string of the molecule is CC(=O)c1c(C)[nH]c(C(=O)[C@@H](C)OC(=O)CCCc2ccc3[nH]c(=O)[nH]c3c2)c1C. The molecule has 3 aromatic rings. The quantitative estimate of drug-likeness (QED) is 0.388. The molecule has 0 aliphatic heterocycles. The summed E-state index contributed by atoms with van der Waals surface area (Å²) in [5, 5.41) is 0. The number of ether oxygens (including phenoxy) is 1. The summed E-state index contributed by atoms with van der Waals surface area (Å²) < 4.78 is 5.30. The van der Waals surface area contributed by atoms with Crippen LogP contribution in [0.5, 0.6) is 0 Å². The summed E-state index contributed by atoms with van der Waals surface area (Å²) in [6, 6.07) is 5.58. The Hall–Kier alpha value is -3.42. The van der Waals surface area contributed by atoms with E-state index in [1.807, 2.05) is 18.2 Å². The van der Waals surface area contributed by atoms with E-state index in [0.29, 0.717) is 35.4 Å². The number of benzene rings is 1. The Balaban J connectivity index is 1.55. The number of Topliss-reactive ketones (excluding diaryl/α,β-unsaturated/α-hetero) is 2. The summed E-state index contributed by atoms with van der Waals surface area (Å²) >= 11 is 0. The minimum Gasteiger partial charge on any atom is -0.454 e. The van der Waals surface area contributed by atoms with Gasteiger partial charge in [-0.25, -0.2) is 4.79 Å². The molecule has 8 nitrogen and oxygen atoms in total. The van der Waals surface area contributed by atoms with Gasteiger partial charge in [-0.1, -0.05) is 6.07 Å². The monoisotopic (exact) mass is 411 g/mol. The first-order valence-corrected chi connectivity index (χ1v) is 9.82. The third-order valence-electron chi connectivity index (χ3n) is 5.14. The lowest BCUT2D eigenvalue weighted by molar-refractivity contribution is -0.146. The molecule has 158 valence electrons. The molecule has 0 amide bonds. The maximum Gasteiger partial charge on any atom is 0.323 e. The van der Waals surface area contributed by atoms with E-state index in [1.165, 1.54) is 13.8 Å². The molecule has 30 heavy (non-hydrogen) atoms. The molecule has 2 aromatic heterocycles. The van der Waals surface area contributed by atoms with Gasteiger partial charge >= 0.3 is 11.7 Å². The van der Waals surface area contributed by atoms with Crippen LogP contribution in [0.3, 0.4) is 0 Å². The summed E-state index contributed by atoms with van der Waals surface area (Å²) in [5.41, 5.74) is 4.19. The number of hydrogen-bond acceptors (Lipinski definition) is 5. The molecule has 0 aliphatic carbocycles. The Morgan fingerprint density at radius 2 is 1.77 bits per heavy atom. The molecule has 0 fully saturated rings. The molecule has 0 bridgehead atoms. The number of esters is 1. The zero-order chi connectivity index (χ0) is 22.0. The van der Waals surface area contributed by atoms with Gasteiger partial charge in [0.05, 0.1) is 16.7 Å². The third kappa shape index (κ3) is 4.42. The normalized spacial score (nSPS) is 12.1. The minimum absolute atomic E-state index is 0.119. The largest absolute Gasteiger partial charge is 0.454 e. The zero-order valence-corrected chi connectivity index (χ0v) is 17.5. The highest BCUT2D eigenvalue weighted by molar-refractivity contribution is 6.05. The second kappa shape index (κ2) is 8.52. The second-order valence-electron chi connectivity index (χ2n) is 7.49. The second-order valence-corrected chi connectivity index (χ2v) is 7.49. The average molecular weight is 411 g/mol. The van der Waals surface area contributed by atoms with Gasteiger partial charge < -0.3 is 19.7 Å². The van der Waals surface area contributed by atoms with Gasteiger partial charge in [0, 0.05) is 17.7 Å². The number of carbonyl (C=O) groups excluding carboxylic acids is 3. The van der Waals surface area contributed by atoms with Crippen LogP contribution in [-0.2, 0) is 16.0 Å². The van der Waals surface area contributed by atoms with Crippen LogP contribution < -0.4 is 5.69 Å². The number of imidazole rings is 1. The molecule has 0 unspecified atom stereocenters. The first-order valence-electron chi connectivity index (χ1n) is 9.82. The first-order chi connectivity index (χ1) is 14.2. The van der Waals surface area contributed by atoms with Crippen molar-refractivity contribution in [2.45, 2.75) is 53.1 Å². The van der Waals surface area contributed by atoms with Crippen LogP contribution in [-0.4, -0.2) is 38.6 Å². The number of H-pyrrole nitrogens is 3. The zero-order valence-electron chi connectivity index (χ0n) is 17.5. The molecule has 8 heteroatoms. The number of nitrogens with one attached hydrogen (secondary N) is 3. The van der Waals surface area contributed by atoms with Gasteiger partial charge in [0.25, 0.3) is 0 Å². The summed E-state index contributed by atoms with van der Waals surface area (Å²) in [4.78, 5) is 56.2. The lowest BCUT2D eigenvalue weighted by Crippen LogP contribution is -2.25. The van der Waals surface area contributed by atoms with Gasteiger partial charge in [0.2, 0.25) is 5.78 Å². The van der Waals surface area contributed by atoms with Crippen LogP contribution in [0.15, 0.2) is 23.0 Å². The van der Waals surface area contributed by atoms with E-state index in [0.717, 1.165) is 16.6 Å². The number of carbonyl (C=O) groups is 3. The fourth-order valence-electron chi connectivity index (χ4n) is 3.71. The number of hydrogen-bond donors (Lipinski definition) is 3. The lowest BCUT2D eigenvalue weighted by atomic mass is 10.0. The van der Waals surface area contributed by atoms with E-state index >= 15 is 0 Å². The van der Waals surface area contributed by atoms with Crippen molar-refractivity contribution in [3.8, 4) is 0 Å². The Morgan fingerprint density at radius 1 is 1.07 bits per heavy atom. The lowest BCUT2D eigenvalue weighted by Gasteiger charge is -2.12. The van der Waals surface area contributed by atoms with Crippen molar-refractivity contribution < 1.29 is 19.1 Å². The van der Waals surface area contributed by atoms with Crippen molar-refractivity contribution in [3.05, 3.63) is 56.8 Å². The Bertz CT molecular complexity index is 1180. The highest BCUT2D eigenvalue weighted by Gasteiger charge is 2.25. The minimum atomic E-state index is -0.949. The number of aryl methyl sites for hydroxylation is 2. The third-order valence-corrected chi connectivity index (χ3v) is 5.14. The van der Waals surface area contributed by atoms with E-state index in [9.17, 15) is 19.2 Å². The van der Waals surface area contributed by atoms with E-state index in [2.05, 4.69) is 15.0 Å². The molecule has 0 aliphatic rings. The van der Waals surface area contributed by atoms with Gasteiger partial charge in [-0.15, -0.1) is 0 Å². The topological polar surface area (TPSA) is 125 Å². The molecular formula is C22H25N3O5. The average Bonchev–Trinajstić information content (AvgIpc) is 3.18. The summed E-state index contributed by atoms with van der Waals surface area (Å²) in [7, 11) is 0. The van der Waals surface area contributed by atoms with E-state index in [4.69, 9.17) is 4.74 Å². The van der Waals surface area contributed by atoms with E-state index < -0.39 is 12.1 Å². The smallest absolute Gasteiger partial charge is 0.323 e. The van der Waals surface area contributed by atoms with E-state index in [-0.39, 0.29) is 23.7 Å². The summed E-state index contributed by atoms with van der Waals surface area (Å²) in [5.74, 6) is -0.940. The van der Waals surface area contributed by atoms with Gasteiger partial charge in [-0.2, -0.15) is 0 Å². The number of fused-ring (bicyclic) bond motifs is 1. The maximum absolute atomic E-state index is 12.7. The predicted molar refractivity (Wildman–Crippen MR) is 112 cm³/mol. The number of ketones is 2. The molecule has 1 aromatic carbocycles. The van der Waals surface area contributed by atoms with Crippen LogP contribution in [0, 0.1) is 13.8 Å². The summed E-state index contributed by atoms with van der Waals surface area (Å²) in [6.45, 7) is 6.42. The van der Waals surface area contributed by atoms with Gasteiger partial charge in [0.15, 0.2) is 11.9 Å². The van der Waals surface area contributed by atoms with Crippen LogP contribution >= 0.6 is 0 Å². The molecule has 2 heterocycles. The number of aromatic nitrogens is 3. The highest BCUT2D eigenvalue weighted by atomic mass is 16.5. The molecule has 1 atom stereocenters. The number of rotatable bonds is 8. The maximum atomic E-state index is 12.7. The van der Waals surface area contributed by atoms with Crippen LogP contribution in [0.2, 0.25) is 0 Å². The van der Waals surface area contributed by atoms with Crippen molar-refractivity contribution in [1.82, 2.24) is 15.0 Å². The van der Waals surface area contributed by atoms with Crippen molar-refractivity contribution in [2.24, 2.45) is 0 Å². The van der Waals surface area contributed by atoms with Gasteiger partial charge in [0.1, 0.15) is 0 Å². The molecular weight excluding hydrogens is 386 g/mol. The Labute approximate surface area is 173 Å². The standard InChI is InChI=1S/C22H25N3O5/c1-11-19(13(3)26)12(2)23-20(11)21(28)14(4)30-18(27)7-5-6-15-8-9-16-17(10-15)25-22(29)24-16/h8-10,14,23H,5-7H2,1-4H3,(H2,24,25,29)/t14-/m1/s1. The Kier molecular flexibility index (Phi) is 6.05. The molecule has 0 saturated heterocycles. The van der Waals surface area contributed by atoms with Crippen LogP contribution in [0.1, 0.15) is 64.4 Å². The van der Waals surface area contributed by atoms with Crippen molar-refractivity contribution >= 4 is 28.6 Å². The van der Waals surface area contributed by atoms with Gasteiger partial charge in [-0.05, 0) is 63.8 Å². The molecule has 0 radical (unpaired) electrons. The van der Waals surface area contributed by atoms with Crippen molar-refractivity contribution in [1.29, 1.82) is 0 Å². The van der Waals surface area contributed by atoms with Crippen LogP contribution in [0.25, 0.3) is 11.0 Å². The van der Waals surface area contributed by atoms with E-state index in [1.54, 1.807) is 13.8 Å². The van der Waals surface area contributed by atoms with Crippen LogP contribution in [0.4, 0.5) is 0 Å². The number of aromatic amines is 3. The van der Waals surface area contributed by atoms with Gasteiger partial charge in [-0.3, -0.25) is 14.4 Å². The highest BCUT2D eigenvalue weighted by Crippen LogP contribution is 2.21. The predicted octanol–water partition coefficient (Wildman–Crippen LogP) is 3.14. The van der Waals surface area contributed by atoms with Crippen molar-refractivity contribution in [2.75, 3.05) is 0 Å². The molecule has 3 rings (SSSR count). The van der Waals surface area contributed by atoms with Crippen molar-refractivity contribution in [3.63, 3.8) is 0 Å². The molecule has 0 saturated carbocycles. The first kappa shape index (κ1) is 21.3. The Morgan fingerprint density at radius 3 is 2.43 bits per heavy atom. The fourth-order valence-corrected chi connectivity index (χ4v) is 3.71. The summed E-state index contributed by atoms with van der Waals surface area (Å²) in [6.07, 6.45) is 0.406. The molecule has 3 N–H and O–H groups in total. The fraction of sp³-hybridized carbons (Fsp3) is 0.364. The molecule has 0 spiro atoms.